The number of methoxy groups -OCH3 is 2. The summed E-state index contributed by atoms with van der Waals surface area (Å²) in [6.45, 7) is 9.95. The number of aromatic nitrogens is 4. The van der Waals surface area contributed by atoms with Gasteiger partial charge in [0.25, 0.3) is 0 Å². The normalized spacial score (nSPS) is 11.8. The van der Waals surface area contributed by atoms with Gasteiger partial charge >= 0.3 is 0 Å². The number of nitrogens with one attached hydrogen (secondary N) is 2. The van der Waals surface area contributed by atoms with Gasteiger partial charge in [-0.15, -0.1) is 0 Å². The quantitative estimate of drug-likeness (QED) is 0.0558. The van der Waals surface area contributed by atoms with Gasteiger partial charge in [0.2, 0.25) is 0 Å². The molecule has 4 heterocycles. The molecule has 0 bridgehead atoms. The molecule has 0 aliphatic rings. The van der Waals surface area contributed by atoms with Crippen molar-refractivity contribution in [2.45, 2.75) is 117 Å². The van der Waals surface area contributed by atoms with E-state index in [0.29, 0.717) is 0 Å². The molecule has 4 aromatic heterocycles. The molecule has 0 amide bonds. The Balaban J connectivity index is 0.887. The minimum absolute atomic E-state index is 0.740. The van der Waals surface area contributed by atoms with Crippen molar-refractivity contribution >= 4 is 43.6 Å². The number of pyridine rings is 2. The van der Waals surface area contributed by atoms with Gasteiger partial charge in [-0.3, -0.25) is 0 Å². The number of hydrogen-bond acceptors (Lipinski definition) is 6. The highest BCUT2D eigenvalue weighted by molar-refractivity contribution is 6.13. The van der Waals surface area contributed by atoms with Gasteiger partial charge in [-0.1, -0.05) is 102 Å². The van der Waals surface area contributed by atoms with Crippen LogP contribution in [0.2, 0.25) is 0 Å². The van der Waals surface area contributed by atoms with Crippen LogP contribution in [0.1, 0.15) is 102 Å². The smallest absolute Gasteiger partial charge is 0.118 e. The molecule has 64 heavy (non-hydrogen) atoms. The number of unbranched alkanes of at least 4 members (excludes halogenated alkanes) is 9. The van der Waals surface area contributed by atoms with E-state index in [-0.39, 0.29) is 0 Å². The summed E-state index contributed by atoms with van der Waals surface area (Å²) < 4.78 is 16.1. The maximum atomic E-state index is 5.51. The van der Waals surface area contributed by atoms with Crippen LogP contribution in [0.4, 0.5) is 0 Å². The Labute approximate surface area is 380 Å². The number of rotatable bonds is 25. The zero-order chi connectivity index (χ0) is 44.1. The van der Waals surface area contributed by atoms with Crippen molar-refractivity contribution in [3.05, 3.63) is 121 Å². The van der Waals surface area contributed by atoms with E-state index in [4.69, 9.17) is 19.4 Å². The molecular weight excluding hydrogens is 789 g/mol. The minimum Gasteiger partial charge on any atom is -0.497 e. The fourth-order valence-corrected chi connectivity index (χ4v) is 9.48. The van der Waals surface area contributed by atoms with Crippen molar-refractivity contribution in [1.82, 2.24) is 29.7 Å². The number of nitrogens with zero attached hydrogens (tertiary/aromatic N) is 4. The molecule has 0 atom stereocenters. The number of ether oxygens (including phenoxy) is 2. The molecule has 334 valence electrons. The molecule has 0 spiro atoms. The van der Waals surface area contributed by atoms with Crippen molar-refractivity contribution < 1.29 is 9.47 Å². The van der Waals surface area contributed by atoms with Crippen LogP contribution in [0, 0.1) is 0 Å². The van der Waals surface area contributed by atoms with Crippen LogP contribution >= 0.6 is 0 Å². The lowest BCUT2D eigenvalue weighted by Gasteiger charge is -2.13. The lowest BCUT2D eigenvalue weighted by molar-refractivity contribution is 0.415. The first kappa shape index (κ1) is 44.9. The lowest BCUT2D eigenvalue weighted by Crippen LogP contribution is -2.17. The summed E-state index contributed by atoms with van der Waals surface area (Å²) in [6.07, 6.45) is 14.4. The number of hydrogen-bond donors (Lipinski definition) is 2. The topological polar surface area (TPSA) is 78.2 Å². The van der Waals surface area contributed by atoms with Crippen molar-refractivity contribution in [3.63, 3.8) is 0 Å². The van der Waals surface area contributed by atoms with E-state index >= 15 is 0 Å². The third-order valence-electron chi connectivity index (χ3n) is 12.9. The molecule has 8 nitrogen and oxygen atoms in total. The highest BCUT2D eigenvalue weighted by atomic mass is 16.5. The zero-order valence-electron chi connectivity index (χ0n) is 38.7. The van der Waals surface area contributed by atoms with Gasteiger partial charge in [-0.25, -0.2) is 9.97 Å². The summed E-state index contributed by atoms with van der Waals surface area (Å²) in [5.41, 5.74) is 11.5. The van der Waals surface area contributed by atoms with Gasteiger partial charge < -0.3 is 29.2 Å². The van der Waals surface area contributed by atoms with Crippen LogP contribution in [0.3, 0.4) is 0 Å². The first-order valence-electron chi connectivity index (χ1n) is 24.1. The van der Waals surface area contributed by atoms with Gasteiger partial charge in [0, 0.05) is 69.9 Å². The molecule has 0 unspecified atom stereocenters. The van der Waals surface area contributed by atoms with Crippen molar-refractivity contribution in [3.8, 4) is 34.0 Å². The number of benzene rings is 4. The number of aryl methyl sites for hydroxylation is 2. The summed E-state index contributed by atoms with van der Waals surface area (Å²) in [4.78, 5) is 10.7. The van der Waals surface area contributed by atoms with Crippen LogP contribution in [-0.2, 0) is 26.2 Å². The van der Waals surface area contributed by atoms with Gasteiger partial charge in [0.1, 0.15) is 11.5 Å². The van der Waals surface area contributed by atoms with E-state index in [1.54, 1.807) is 14.2 Å². The molecule has 0 radical (unpaired) electrons. The van der Waals surface area contributed by atoms with Gasteiger partial charge in [0.05, 0.1) is 48.0 Å². The van der Waals surface area contributed by atoms with E-state index in [2.05, 4.69) is 119 Å². The molecule has 8 aromatic rings. The summed E-state index contributed by atoms with van der Waals surface area (Å²) in [7, 11) is 3.44. The predicted octanol–water partition coefficient (Wildman–Crippen LogP) is 13.6. The highest BCUT2D eigenvalue weighted by Gasteiger charge is 2.20. The fourth-order valence-electron chi connectivity index (χ4n) is 9.48. The Morgan fingerprint density at radius 1 is 0.453 bits per heavy atom. The van der Waals surface area contributed by atoms with Gasteiger partial charge in [-0.2, -0.15) is 0 Å². The number of fused-ring (bicyclic) bond motifs is 6. The summed E-state index contributed by atoms with van der Waals surface area (Å²) in [5.74, 6) is 1.71. The Morgan fingerprint density at radius 2 is 0.859 bits per heavy atom. The zero-order valence-corrected chi connectivity index (χ0v) is 38.7. The Bertz CT molecular complexity index is 2540. The maximum Gasteiger partial charge on any atom is 0.118 e. The van der Waals surface area contributed by atoms with E-state index in [0.717, 1.165) is 110 Å². The van der Waals surface area contributed by atoms with Crippen LogP contribution < -0.4 is 20.1 Å². The molecule has 0 saturated carbocycles. The molecule has 8 heteroatoms. The van der Waals surface area contributed by atoms with Crippen molar-refractivity contribution in [1.29, 1.82) is 0 Å². The van der Waals surface area contributed by atoms with Crippen LogP contribution in [0.5, 0.6) is 11.5 Å². The van der Waals surface area contributed by atoms with Gasteiger partial charge in [0.15, 0.2) is 0 Å². The van der Waals surface area contributed by atoms with Crippen LogP contribution in [0.25, 0.3) is 66.1 Å². The third kappa shape index (κ3) is 10.3. The second kappa shape index (κ2) is 22.3. The first-order chi connectivity index (χ1) is 31.6. The first-order valence-corrected chi connectivity index (χ1v) is 24.1. The molecule has 0 aliphatic carbocycles. The minimum atomic E-state index is 0.740. The Kier molecular flexibility index (Phi) is 15.6. The maximum absolute atomic E-state index is 5.51. The summed E-state index contributed by atoms with van der Waals surface area (Å²) in [5, 5.41) is 12.6. The predicted molar refractivity (Wildman–Crippen MR) is 269 cm³/mol. The van der Waals surface area contributed by atoms with E-state index in [1.807, 2.05) is 24.3 Å². The van der Waals surface area contributed by atoms with Crippen LogP contribution in [0.15, 0.2) is 109 Å². The monoisotopic (exact) mass is 857 g/mol. The van der Waals surface area contributed by atoms with Crippen LogP contribution in [-0.4, -0.2) is 46.4 Å². The lowest BCUT2D eigenvalue weighted by atomic mass is 10.1. The molecule has 0 aliphatic heterocycles. The van der Waals surface area contributed by atoms with Crippen molar-refractivity contribution in [2.75, 3.05) is 27.3 Å². The molecule has 4 aromatic carbocycles. The second-order valence-electron chi connectivity index (χ2n) is 17.4. The van der Waals surface area contributed by atoms with E-state index in [9.17, 15) is 0 Å². The summed E-state index contributed by atoms with van der Waals surface area (Å²) in [6, 6.07) is 39.2. The standard InChI is InChI=1S/C56H68N6O2/c1-5-7-9-19-35-61-51-23-15-13-21-47(51)49-37-43(59-53(55(49)61)41-25-29-45(63-3)30-26-41)39-57-33-17-11-12-18-34-58-40-44-38-50-48-22-14-16-24-52(48)62(36-20-10-8-6-2)56(50)54(60-44)42-27-31-46(64-4)32-28-42/h13-16,21-32,37-38,57-58H,5-12,17-20,33-36,39-40H2,1-4H3. The Hall–Kier alpha value is -5.70. The molecular formula is C56H68N6O2. The largest absolute Gasteiger partial charge is 0.497 e. The Morgan fingerprint density at radius 3 is 1.27 bits per heavy atom. The molecule has 8 rings (SSSR count). The highest BCUT2D eigenvalue weighted by Crippen LogP contribution is 2.38. The summed E-state index contributed by atoms with van der Waals surface area (Å²) >= 11 is 0. The average Bonchev–Trinajstić information content (AvgIpc) is 3.83. The molecule has 2 N–H and O–H groups in total. The van der Waals surface area contributed by atoms with Crippen molar-refractivity contribution in [2.24, 2.45) is 0 Å². The number of para-hydroxylation sites is 2. The van der Waals surface area contributed by atoms with E-state index < -0.39 is 0 Å². The molecule has 0 saturated heterocycles. The van der Waals surface area contributed by atoms with Gasteiger partial charge in [-0.05, 0) is 112 Å². The SMILES string of the molecule is CCCCCCn1c2ccccc2c2cc(CNCCCCCCNCc3cc4c5ccccc5n(CCCCCC)c4c(-c4ccc(OC)cc4)n3)nc(-c3ccc(OC)cc3)c21. The fraction of sp³-hybridized carbons (Fsp3) is 0.393. The average molecular weight is 857 g/mol. The van der Waals surface area contributed by atoms with E-state index in [1.165, 1.54) is 95.0 Å². The third-order valence-corrected chi connectivity index (χ3v) is 12.9. The molecule has 0 fully saturated rings. The second-order valence-corrected chi connectivity index (χ2v) is 17.4.